The summed E-state index contributed by atoms with van der Waals surface area (Å²) >= 11 is 0. The molecule has 0 fully saturated rings. The van der Waals surface area contributed by atoms with Crippen molar-refractivity contribution in [2.45, 2.75) is 26.4 Å². The standard InChI is InChI=1S/C20H19F2NO3/c1-3-25-17-11-14-9-12(2)26-18(14)10-13(17)7-8-19(24)23-20-15(21)5-4-6-16(20)22/h4-8,10-12H,3,9H2,1-2H3,(H,23,24)/b8-7+. The smallest absolute Gasteiger partial charge is 0.248 e. The molecule has 0 radical (unpaired) electrons. The molecular formula is C20H19F2NO3. The predicted molar refractivity (Wildman–Crippen MR) is 95.4 cm³/mol. The highest BCUT2D eigenvalue weighted by Crippen LogP contribution is 2.35. The molecule has 1 aliphatic rings. The van der Waals surface area contributed by atoms with E-state index in [1.54, 1.807) is 6.07 Å². The van der Waals surface area contributed by atoms with Crippen LogP contribution in [0.15, 0.2) is 36.4 Å². The molecule has 0 bridgehead atoms. The number of carbonyl (C=O) groups excluding carboxylic acids is 1. The van der Waals surface area contributed by atoms with E-state index in [4.69, 9.17) is 9.47 Å². The van der Waals surface area contributed by atoms with Crippen molar-refractivity contribution in [2.75, 3.05) is 11.9 Å². The van der Waals surface area contributed by atoms with Crippen LogP contribution in [0.2, 0.25) is 0 Å². The Morgan fingerprint density at radius 1 is 1.35 bits per heavy atom. The highest BCUT2D eigenvalue weighted by Gasteiger charge is 2.21. The maximum absolute atomic E-state index is 13.6. The van der Waals surface area contributed by atoms with Crippen molar-refractivity contribution in [3.05, 3.63) is 59.2 Å². The summed E-state index contributed by atoms with van der Waals surface area (Å²) < 4.78 is 38.6. The number of rotatable bonds is 5. The van der Waals surface area contributed by atoms with Crippen molar-refractivity contribution in [3.63, 3.8) is 0 Å². The quantitative estimate of drug-likeness (QED) is 0.808. The minimum atomic E-state index is -0.832. The molecule has 0 saturated carbocycles. The Morgan fingerprint density at radius 3 is 2.77 bits per heavy atom. The van der Waals surface area contributed by atoms with Crippen LogP contribution < -0.4 is 14.8 Å². The van der Waals surface area contributed by atoms with Crippen molar-refractivity contribution in [2.24, 2.45) is 0 Å². The van der Waals surface area contributed by atoms with Gasteiger partial charge in [-0.3, -0.25) is 4.79 Å². The molecule has 1 N–H and O–H groups in total. The molecule has 0 aromatic heterocycles. The summed E-state index contributed by atoms with van der Waals surface area (Å²) in [6, 6.07) is 7.09. The second-order valence-electron chi connectivity index (χ2n) is 5.98. The van der Waals surface area contributed by atoms with Gasteiger partial charge < -0.3 is 14.8 Å². The number of nitrogens with one attached hydrogen (secondary N) is 1. The number of para-hydroxylation sites is 1. The Morgan fingerprint density at radius 2 is 2.08 bits per heavy atom. The van der Waals surface area contributed by atoms with E-state index in [1.807, 2.05) is 19.9 Å². The van der Waals surface area contributed by atoms with E-state index in [2.05, 4.69) is 5.32 Å². The van der Waals surface area contributed by atoms with Gasteiger partial charge in [0.25, 0.3) is 0 Å². The molecule has 1 amide bonds. The van der Waals surface area contributed by atoms with Crippen LogP contribution in [0.4, 0.5) is 14.5 Å². The topological polar surface area (TPSA) is 47.6 Å². The van der Waals surface area contributed by atoms with Crippen molar-refractivity contribution < 1.29 is 23.0 Å². The third kappa shape index (κ3) is 3.85. The average Bonchev–Trinajstić information content (AvgIpc) is 2.95. The molecule has 0 saturated heterocycles. The molecule has 1 aliphatic heterocycles. The SMILES string of the molecule is CCOc1cc2c(cc1/C=C/C(=O)Nc1c(F)cccc1F)OC(C)C2. The molecule has 2 aromatic carbocycles. The van der Waals surface area contributed by atoms with Gasteiger partial charge in [-0.2, -0.15) is 0 Å². The Balaban J connectivity index is 1.81. The van der Waals surface area contributed by atoms with Gasteiger partial charge in [0.05, 0.1) is 6.61 Å². The number of benzene rings is 2. The van der Waals surface area contributed by atoms with Crippen molar-refractivity contribution >= 4 is 17.7 Å². The number of amides is 1. The monoisotopic (exact) mass is 359 g/mol. The maximum atomic E-state index is 13.6. The second kappa shape index (κ2) is 7.56. The fourth-order valence-corrected chi connectivity index (χ4v) is 2.81. The summed E-state index contributed by atoms with van der Waals surface area (Å²) in [5.74, 6) is -0.930. The van der Waals surface area contributed by atoms with Gasteiger partial charge in [0.2, 0.25) is 5.91 Å². The molecule has 26 heavy (non-hydrogen) atoms. The van der Waals surface area contributed by atoms with Crippen LogP contribution in [-0.4, -0.2) is 18.6 Å². The van der Waals surface area contributed by atoms with Crippen molar-refractivity contribution in [1.82, 2.24) is 0 Å². The van der Waals surface area contributed by atoms with Crippen LogP contribution in [-0.2, 0) is 11.2 Å². The summed E-state index contributed by atoms with van der Waals surface area (Å²) in [7, 11) is 0. The first-order chi connectivity index (χ1) is 12.5. The second-order valence-corrected chi connectivity index (χ2v) is 5.98. The average molecular weight is 359 g/mol. The zero-order valence-electron chi connectivity index (χ0n) is 14.5. The summed E-state index contributed by atoms with van der Waals surface area (Å²) in [5, 5.41) is 2.21. The number of ether oxygens (including phenoxy) is 2. The minimum Gasteiger partial charge on any atom is -0.493 e. The zero-order valence-corrected chi connectivity index (χ0v) is 14.5. The molecule has 6 heteroatoms. The third-order valence-corrected chi connectivity index (χ3v) is 3.95. The first kappa shape index (κ1) is 17.9. The first-order valence-corrected chi connectivity index (χ1v) is 8.37. The molecular weight excluding hydrogens is 340 g/mol. The molecule has 3 rings (SSSR count). The van der Waals surface area contributed by atoms with Crippen LogP contribution in [0.25, 0.3) is 6.08 Å². The van der Waals surface area contributed by atoms with Crippen LogP contribution >= 0.6 is 0 Å². The summed E-state index contributed by atoms with van der Waals surface area (Å²) in [4.78, 5) is 12.0. The lowest BCUT2D eigenvalue weighted by atomic mass is 10.1. The first-order valence-electron chi connectivity index (χ1n) is 8.37. The van der Waals surface area contributed by atoms with Crippen LogP contribution in [0, 0.1) is 11.6 Å². The lowest BCUT2D eigenvalue weighted by Gasteiger charge is -2.10. The van der Waals surface area contributed by atoms with Gasteiger partial charge in [-0.1, -0.05) is 6.07 Å². The molecule has 1 heterocycles. The lowest BCUT2D eigenvalue weighted by molar-refractivity contribution is -0.111. The summed E-state index contributed by atoms with van der Waals surface area (Å²) in [6.45, 7) is 4.32. The molecule has 4 nitrogen and oxygen atoms in total. The highest BCUT2D eigenvalue weighted by atomic mass is 19.1. The summed E-state index contributed by atoms with van der Waals surface area (Å²) in [5.41, 5.74) is 1.23. The Kier molecular flexibility index (Phi) is 5.21. The highest BCUT2D eigenvalue weighted by molar-refractivity contribution is 6.02. The van der Waals surface area contributed by atoms with E-state index in [9.17, 15) is 13.6 Å². The van der Waals surface area contributed by atoms with Gasteiger partial charge in [-0.05, 0) is 44.2 Å². The van der Waals surface area contributed by atoms with E-state index >= 15 is 0 Å². The minimum absolute atomic E-state index is 0.0889. The normalized spacial score (nSPS) is 15.6. The number of halogens is 2. The van der Waals surface area contributed by atoms with E-state index in [1.165, 1.54) is 18.2 Å². The lowest BCUT2D eigenvalue weighted by Crippen LogP contribution is -2.11. The molecule has 1 atom stereocenters. The maximum Gasteiger partial charge on any atom is 0.248 e. The molecule has 2 aromatic rings. The molecule has 136 valence electrons. The van der Waals surface area contributed by atoms with Gasteiger partial charge in [-0.25, -0.2) is 8.78 Å². The number of anilines is 1. The zero-order chi connectivity index (χ0) is 18.7. The van der Waals surface area contributed by atoms with Gasteiger partial charge in [0.15, 0.2) is 0 Å². The summed E-state index contributed by atoms with van der Waals surface area (Å²) in [6.07, 6.45) is 3.62. The number of hydrogen-bond acceptors (Lipinski definition) is 3. The van der Waals surface area contributed by atoms with Gasteiger partial charge in [-0.15, -0.1) is 0 Å². The Hall–Kier alpha value is -2.89. The fourth-order valence-electron chi connectivity index (χ4n) is 2.81. The van der Waals surface area contributed by atoms with E-state index in [0.29, 0.717) is 17.9 Å². The van der Waals surface area contributed by atoms with Crippen molar-refractivity contribution in [1.29, 1.82) is 0 Å². The molecule has 0 spiro atoms. The number of fused-ring (bicyclic) bond motifs is 1. The molecule has 0 aliphatic carbocycles. The van der Waals surface area contributed by atoms with E-state index < -0.39 is 23.2 Å². The van der Waals surface area contributed by atoms with Crippen LogP contribution in [0.1, 0.15) is 25.0 Å². The van der Waals surface area contributed by atoms with Gasteiger partial charge in [0, 0.05) is 23.6 Å². The van der Waals surface area contributed by atoms with Gasteiger partial charge in [0.1, 0.15) is 34.9 Å². The molecule has 1 unspecified atom stereocenters. The fraction of sp³-hybridized carbons (Fsp3) is 0.250. The number of hydrogen-bond donors (Lipinski definition) is 1. The van der Waals surface area contributed by atoms with E-state index in [0.717, 1.165) is 29.9 Å². The predicted octanol–water partition coefficient (Wildman–Crippen LogP) is 4.34. The Labute approximate surface area is 150 Å². The van der Waals surface area contributed by atoms with Crippen molar-refractivity contribution in [3.8, 4) is 11.5 Å². The van der Waals surface area contributed by atoms with Crippen LogP contribution in [0.5, 0.6) is 11.5 Å². The van der Waals surface area contributed by atoms with E-state index in [-0.39, 0.29) is 6.10 Å². The van der Waals surface area contributed by atoms with Crippen LogP contribution in [0.3, 0.4) is 0 Å². The largest absolute Gasteiger partial charge is 0.493 e. The third-order valence-electron chi connectivity index (χ3n) is 3.95. The van der Waals surface area contributed by atoms with Gasteiger partial charge >= 0.3 is 0 Å². The number of carbonyl (C=O) groups is 1. The Bertz CT molecular complexity index is 844.